The second kappa shape index (κ2) is 5.16. The Bertz CT molecular complexity index is 311. The maximum Gasteiger partial charge on any atom is -0.0137 e. The Morgan fingerprint density at radius 3 is 2.73 bits per heavy atom. The predicted molar refractivity (Wildman–Crippen MR) is 68.8 cm³/mol. The summed E-state index contributed by atoms with van der Waals surface area (Å²) >= 11 is 0. The molecule has 82 valence electrons. The number of hydrogen-bond acceptors (Lipinski definition) is 0. The molecule has 0 atom stereocenters. The molecular formula is C15H22. The SMILES string of the molecule is C=C1C=CC(C)(C)CC=CC(C)=CCC1. The molecule has 1 aliphatic carbocycles. The molecule has 0 aromatic rings. The largest absolute Gasteiger partial charge is 0.0958 e. The molecule has 0 heterocycles. The second-order valence-electron chi connectivity index (χ2n) is 5.07. The minimum Gasteiger partial charge on any atom is -0.0958 e. The van der Waals surface area contributed by atoms with Crippen LogP contribution in [0.2, 0.25) is 0 Å². The highest BCUT2D eigenvalue weighted by molar-refractivity contribution is 5.22. The molecule has 0 aromatic heterocycles. The van der Waals surface area contributed by atoms with Gasteiger partial charge in [0.25, 0.3) is 0 Å². The van der Waals surface area contributed by atoms with Gasteiger partial charge in [-0.15, -0.1) is 0 Å². The molecular weight excluding hydrogens is 180 g/mol. The molecule has 0 aliphatic heterocycles. The summed E-state index contributed by atoms with van der Waals surface area (Å²) in [5.74, 6) is 0. The van der Waals surface area contributed by atoms with E-state index in [9.17, 15) is 0 Å². The van der Waals surface area contributed by atoms with Crippen LogP contribution in [0.5, 0.6) is 0 Å². The molecule has 0 amide bonds. The van der Waals surface area contributed by atoms with Gasteiger partial charge in [0.15, 0.2) is 0 Å². The van der Waals surface area contributed by atoms with Crippen molar-refractivity contribution in [2.75, 3.05) is 0 Å². The number of hydrogen-bond donors (Lipinski definition) is 0. The quantitative estimate of drug-likeness (QED) is 0.528. The van der Waals surface area contributed by atoms with Gasteiger partial charge in [-0.3, -0.25) is 0 Å². The van der Waals surface area contributed by atoms with Crippen LogP contribution in [0.1, 0.15) is 40.0 Å². The highest BCUT2D eigenvalue weighted by Crippen LogP contribution is 2.25. The van der Waals surface area contributed by atoms with Gasteiger partial charge in [-0.05, 0) is 31.6 Å². The highest BCUT2D eigenvalue weighted by atomic mass is 14.2. The van der Waals surface area contributed by atoms with Gasteiger partial charge in [0, 0.05) is 0 Å². The van der Waals surface area contributed by atoms with Crippen LogP contribution in [0.3, 0.4) is 0 Å². The summed E-state index contributed by atoms with van der Waals surface area (Å²) in [5, 5.41) is 0. The normalized spacial score (nSPS) is 22.1. The van der Waals surface area contributed by atoms with E-state index >= 15 is 0 Å². The van der Waals surface area contributed by atoms with E-state index in [-0.39, 0.29) is 5.41 Å². The zero-order chi connectivity index (χ0) is 11.3. The topological polar surface area (TPSA) is 0 Å². The van der Waals surface area contributed by atoms with Crippen molar-refractivity contribution >= 4 is 0 Å². The maximum absolute atomic E-state index is 4.07. The van der Waals surface area contributed by atoms with Crippen molar-refractivity contribution < 1.29 is 0 Å². The van der Waals surface area contributed by atoms with Crippen LogP contribution in [0.4, 0.5) is 0 Å². The lowest BCUT2D eigenvalue weighted by Gasteiger charge is -2.17. The zero-order valence-electron chi connectivity index (χ0n) is 10.2. The Morgan fingerprint density at radius 2 is 2.00 bits per heavy atom. The Kier molecular flexibility index (Phi) is 4.14. The second-order valence-corrected chi connectivity index (χ2v) is 5.07. The zero-order valence-corrected chi connectivity index (χ0v) is 10.2. The molecule has 0 nitrogen and oxygen atoms in total. The van der Waals surface area contributed by atoms with Crippen LogP contribution in [0.15, 0.2) is 48.1 Å². The van der Waals surface area contributed by atoms with Crippen LogP contribution in [0, 0.1) is 5.41 Å². The van der Waals surface area contributed by atoms with Gasteiger partial charge in [-0.2, -0.15) is 0 Å². The van der Waals surface area contributed by atoms with Crippen LogP contribution < -0.4 is 0 Å². The molecule has 0 N–H and O–H groups in total. The molecule has 15 heavy (non-hydrogen) atoms. The third-order valence-electron chi connectivity index (χ3n) is 2.73. The van der Waals surface area contributed by atoms with Gasteiger partial charge in [0.1, 0.15) is 0 Å². The van der Waals surface area contributed by atoms with Gasteiger partial charge in [0.05, 0.1) is 0 Å². The molecule has 0 spiro atoms. The van der Waals surface area contributed by atoms with Gasteiger partial charge in [-0.25, -0.2) is 0 Å². The van der Waals surface area contributed by atoms with Crippen molar-refractivity contribution in [2.45, 2.75) is 40.0 Å². The van der Waals surface area contributed by atoms with E-state index in [1.165, 1.54) is 11.1 Å². The summed E-state index contributed by atoms with van der Waals surface area (Å²) in [6, 6.07) is 0. The van der Waals surface area contributed by atoms with Crippen molar-refractivity contribution in [1.82, 2.24) is 0 Å². The van der Waals surface area contributed by atoms with E-state index in [1.807, 2.05) is 0 Å². The third kappa shape index (κ3) is 4.83. The van der Waals surface area contributed by atoms with E-state index in [0.717, 1.165) is 19.3 Å². The summed E-state index contributed by atoms with van der Waals surface area (Å²) in [4.78, 5) is 0. The van der Waals surface area contributed by atoms with Crippen molar-refractivity contribution in [3.63, 3.8) is 0 Å². The first-order valence-electron chi connectivity index (χ1n) is 5.70. The van der Waals surface area contributed by atoms with Crippen LogP contribution in [0.25, 0.3) is 0 Å². The van der Waals surface area contributed by atoms with Gasteiger partial charge < -0.3 is 0 Å². The Labute approximate surface area is 94.1 Å². The van der Waals surface area contributed by atoms with E-state index in [0.29, 0.717) is 0 Å². The molecule has 1 aliphatic rings. The summed E-state index contributed by atoms with van der Waals surface area (Å²) in [6.45, 7) is 10.8. The van der Waals surface area contributed by atoms with Crippen molar-refractivity contribution in [3.05, 3.63) is 48.1 Å². The lowest BCUT2D eigenvalue weighted by Crippen LogP contribution is -2.05. The van der Waals surface area contributed by atoms with Crippen molar-refractivity contribution in [2.24, 2.45) is 5.41 Å². The average Bonchev–Trinajstić information content (AvgIpc) is 2.15. The van der Waals surface area contributed by atoms with Gasteiger partial charge >= 0.3 is 0 Å². The first kappa shape index (κ1) is 12.0. The first-order chi connectivity index (χ1) is 6.99. The van der Waals surface area contributed by atoms with Gasteiger partial charge in [0.2, 0.25) is 0 Å². The number of allylic oxidation sites excluding steroid dienone is 7. The number of rotatable bonds is 0. The molecule has 0 bridgehead atoms. The molecule has 0 unspecified atom stereocenters. The standard InChI is InChI=1S/C15H22/c1-13-7-5-8-14(2)10-12-15(3,4)11-6-9-13/h6-7,9-10,12H,2,5,8,11H2,1,3-4H3. The summed E-state index contributed by atoms with van der Waals surface area (Å²) in [7, 11) is 0. The lowest BCUT2D eigenvalue weighted by atomic mass is 9.88. The first-order valence-corrected chi connectivity index (χ1v) is 5.70. The Morgan fingerprint density at radius 1 is 1.27 bits per heavy atom. The summed E-state index contributed by atoms with van der Waals surface area (Å²) in [6.07, 6.45) is 14.5. The summed E-state index contributed by atoms with van der Waals surface area (Å²) < 4.78 is 0. The summed E-state index contributed by atoms with van der Waals surface area (Å²) in [5.41, 5.74) is 2.83. The fourth-order valence-electron chi connectivity index (χ4n) is 1.60. The highest BCUT2D eigenvalue weighted by Gasteiger charge is 2.11. The Balaban J connectivity index is 2.83. The van der Waals surface area contributed by atoms with E-state index in [2.05, 4.69) is 57.7 Å². The van der Waals surface area contributed by atoms with E-state index in [1.54, 1.807) is 0 Å². The van der Waals surface area contributed by atoms with Crippen LogP contribution >= 0.6 is 0 Å². The smallest absolute Gasteiger partial charge is 0.0137 e. The monoisotopic (exact) mass is 202 g/mol. The molecule has 0 radical (unpaired) electrons. The fraction of sp³-hybridized carbons (Fsp3) is 0.467. The Hall–Kier alpha value is -1.04. The molecule has 0 saturated carbocycles. The average molecular weight is 202 g/mol. The minimum absolute atomic E-state index is 0.240. The predicted octanol–water partition coefficient (Wildman–Crippen LogP) is 4.81. The van der Waals surface area contributed by atoms with E-state index < -0.39 is 0 Å². The molecule has 1 rings (SSSR count). The minimum atomic E-state index is 0.240. The maximum atomic E-state index is 4.07. The van der Waals surface area contributed by atoms with Crippen molar-refractivity contribution in [1.29, 1.82) is 0 Å². The molecule has 0 fully saturated rings. The molecule has 0 aromatic carbocycles. The molecule has 0 saturated heterocycles. The van der Waals surface area contributed by atoms with Crippen LogP contribution in [-0.4, -0.2) is 0 Å². The van der Waals surface area contributed by atoms with Crippen molar-refractivity contribution in [3.8, 4) is 0 Å². The van der Waals surface area contributed by atoms with E-state index in [4.69, 9.17) is 0 Å². The third-order valence-corrected chi connectivity index (χ3v) is 2.73. The van der Waals surface area contributed by atoms with Gasteiger partial charge in [-0.1, -0.05) is 62.0 Å². The molecule has 0 heteroatoms. The lowest BCUT2D eigenvalue weighted by molar-refractivity contribution is 0.488. The van der Waals surface area contributed by atoms with Crippen LogP contribution in [-0.2, 0) is 0 Å². The fourth-order valence-corrected chi connectivity index (χ4v) is 1.60.